The number of nitrogens with one attached hydrogen (secondary N) is 2. The van der Waals surface area contributed by atoms with E-state index in [0.29, 0.717) is 11.8 Å². The molecule has 0 saturated heterocycles. The number of nitrogens with zero attached hydrogens (tertiary/aromatic N) is 6. The molecule has 2 N–H and O–H groups in total. The normalized spacial score (nSPS) is 11.3. The van der Waals surface area contributed by atoms with Crippen molar-refractivity contribution in [2.75, 3.05) is 17.7 Å². The maximum absolute atomic E-state index is 5.27. The summed E-state index contributed by atoms with van der Waals surface area (Å²) in [5, 5.41) is 21.0. The van der Waals surface area contributed by atoms with E-state index in [4.69, 9.17) is 9.52 Å². The van der Waals surface area contributed by atoms with E-state index in [1.54, 1.807) is 0 Å². The summed E-state index contributed by atoms with van der Waals surface area (Å²) in [7, 11) is 3.79. The lowest BCUT2D eigenvalue weighted by Gasteiger charge is -2.11. The number of hydrogen-bond acceptors (Lipinski definition) is 8. The molecule has 0 radical (unpaired) electrons. The van der Waals surface area contributed by atoms with Crippen LogP contribution in [0.25, 0.3) is 44.4 Å². The maximum atomic E-state index is 5.27. The Labute approximate surface area is 200 Å². The SMILES string of the molecule is CNc1ncc2cc(-c3c(C)ccc4c(Nc5ccc(-c6nnco6)cc5)nn(C)c34)ccc2n1. The van der Waals surface area contributed by atoms with E-state index < -0.39 is 0 Å². The van der Waals surface area contributed by atoms with Gasteiger partial charge in [-0.2, -0.15) is 5.10 Å². The molecule has 6 rings (SSSR count). The molecule has 0 atom stereocenters. The Hall–Kier alpha value is -4.79. The van der Waals surface area contributed by atoms with Crippen LogP contribution in [0.3, 0.4) is 0 Å². The highest BCUT2D eigenvalue weighted by Crippen LogP contribution is 2.37. The first-order chi connectivity index (χ1) is 17.1. The Balaban J connectivity index is 1.40. The largest absolute Gasteiger partial charge is 0.423 e. The Bertz CT molecular complexity index is 1670. The van der Waals surface area contributed by atoms with E-state index >= 15 is 0 Å². The van der Waals surface area contributed by atoms with E-state index in [2.05, 4.69) is 62.0 Å². The molecular weight excluding hydrogens is 440 g/mol. The Morgan fingerprint density at radius 2 is 1.80 bits per heavy atom. The van der Waals surface area contributed by atoms with Gasteiger partial charge in [0.2, 0.25) is 18.2 Å². The van der Waals surface area contributed by atoms with Crippen LogP contribution in [0.1, 0.15) is 5.56 Å². The van der Waals surface area contributed by atoms with E-state index in [0.717, 1.165) is 50.0 Å². The van der Waals surface area contributed by atoms with Crippen molar-refractivity contribution in [2.24, 2.45) is 7.05 Å². The van der Waals surface area contributed by atoms with Gasteiger partial charge < -0.3 is 15.1 Å². The third-order valence-electron chi connectivity index (χ3n) is 6.06. The van der Waals surface area contributed by atoms with Crippen LogP contribution in [0.4, 0.5) is 17.5 Å². The van der Waals surface area contributed by atoms with Gasteiger partial charge in [0.25, 0.3) is 0 Å². The van der Waals surface area contributed by atoms with Crippen molar-refractivity contribution in [3.8, 4) is 22.6 Å². The predicted octanol–water partition coefficient (Wildman–Crippen LogP) is 5.33. The molecule has 35 heavy (non-hydrogen) atoms. The summed E-state index contributed by atoms with van der Waals surface area (Å²) >= 11 is 0. The van der Waals surface area contributed by atoms with Crippen LogP contribution in [0.5, 0.6) is 0 Å². The lowest BCUT2D eigenvalue weighted by atomic mass is 9.96. The zero-order valence-corrected chi connectivity index (χ0v) is 19.4. The molecule has 0 spiro atoms. The topological polar surface area (TPSA) is 107 Å². The van der Waals surface area contributed by atoms with Crippen molar-refractivity contribution in [3.63, 3.8) is 0 Å². The summed E-state index contributed by atoms with van der Waals surface area (Å²) in [6.07, 6.45) is 3.17. The number of benzene rings is 3. The summed E-state index contributed by atoms with van der Waals surface area (Å²) in [4.78, 5) is 8.91. The molecule has 0 saturated carbocycles. The number of hydrogen-bond donors (Lipinski definition) is 2. The third-order valence-corrected chi connectivity index (χ3v) is 6.06. The van der Waals surface area contributed by atoms with Gasteiger partial charge in [0, 0.05) is 47.9 Å². The van der Waals surface area contributed by atoms with Gasteiger partial charge in [0.05, 0.1) is 11.0 Å². The zero-order chi connectivity index (χ0) is 23.9. The van der Waals surface area contributed by atoms with Crippen molar-refractivity contribution < 1.29 is 4.42 Å². The molecule has 3 aromatic heterocycles. The highest BCUT2D eigenvalue weighted by Gasteiger charge is 2.17. The first-order valence-electron chi connectivity index (χ1n) is 11.2. The quantitative estimate of drug-likeness (QED) is 0.354. The van der Waals surface area contributed by atoms with E-state index in [1.165, 1.54) is 12.0 Å². The molecule has 0 bridgehead atoms. The van der Waals surface area contributed by atoms with Crippen molar-refractivity contribution in [1.29, 1.82) is 0 Å². The fraction of sp³-hybridized carbons (Fsp3) is 0.115. The average Bonchev–Trinajstić information content (AvgIpc) is 3.53. The fourth-order valence-electron chi connectivity index (χ4n) is 4.37. The fourth-order valence-corrected chi connectivity index (χ4v) is 4.37. The van der Waals surface area contributed by atoms with Crippen LogP contribution >= 0.6 is 0 Å². The second-order valence-corrected chi connectivity index (χ2v) is 8.29. The predicted molar refractivity (Wildman–Crippen MR) is 137 cm³/mol. The van der Waals surface area contributed by atoms with E-state index in [1.807, 2.05) is 55.3 Å². The highest BCUT2D eigenvalue weighted by atomic mass is 16.4. The molecule has 9 nitrogen and oxygen atoms in total. The monoisotopic (exact) mass is 462 g/mol. The third kappa shape index (κ3) is 3.63. The number of aromatic nitrogens is 6. The Morgan fingerprint density at radius 1 is 0.971 bits per heavy atom. The van der Waals surface area contributed by atoms with Crippen molar-refractivity contribution in [3.05, 3.63) is 72.8 Å². The van der Waals surface area contributed by atoms with Gasteiger partial charge in [-0.3, -0.25) is 4.68 Å². The minimum absolute atomic E-state index is 0.489. The highest BCUT2D eigenvalue weighted by molar-refractivity contribution is 6.03. The molecule has 0 fully saturated rings. The van der Waals surface area contributed by atoms with Crippen LogP contribution in [0.2, 0.25) is 0 Å². The zero-order valence-electron chi connectivity index (χ0n) is 19.4. The summed E-state index contributed by atoms with van der Waals surface area (Å²) in [6.45, 7) is 2.12. The Morgan fingerprint density at radius 3 is 2.57 bits per heavy atom. The minimum Gasteiger partial charge on any atom is -0.423 e. The van der Waals surface area contributed by atoms with E-state index in [-0.39, 0.29) is 0 Å². The van der Waals surface area contributed by atoms with Crippen LogP contribution in [0.15, 0.2) is 71.6 Å². The van der Waals surface area contributed by atoms with Crippen LogP contribution in [-0.2, 0) is 7.05 Å². The summed E-state index contributed by atoms with van der Waals surface area (Å²) < 4.78 is 7.20. The van der Waals surface area contributed by atoms with Gasteiger partial charge in [-0.05, 0) is 60.5 Å². The lowest BCUT2D eigenvalue weighted by molar-refractivity contribution is 0.568. The molecule has 0 aliphatic carbocycles. The Kier molecular flexibility index (Phi) is 4.88. The molecule has 3 heterocycles. The molecule has 0 aliphatic rings. The summed E-state index contributed by atoms with van der Waals surface area (Å²) in [5.41, 5.74) is 7.13. The van der Waals surface area contributed by atoms with Crippen molar-refractivity contribution in [2.45, 2.75) is 6.92 Å². The van der Waals surface area contributed by atoms with Gasteiger partial charge in [0.1, 0.15) is 0 Å². The standard InChI is InChI=1S/C26H22N8O/c1-15-4-10-20-23(22(15)17-7-11-21-18(12-17)13-28-26(27-2)31-21)34(3)33-24(20)30-19-8-5-16(6-9-19)25-32-29-14-35-25/h4-14H,1-3H3,(H,30,33)(H,27,28,31). The smallest absolute Gasteiger partial charge is 0.247 e. The van der Waals surface area contributed by atoms with Gasteiger partial charge in [-0.1, -0.05) is 12.1 Å². The molecule has 6 aromatic rings. The molecule has 0 amide bonds. The second-order valence-electron chi connectivity index (χ2n) is 8.29. The van der Waals surface area contributed by atoms with Gasteiger partial charge in [-0.25, -0.2) is 9.97 Å². The van der Waals surface area contributed by atoms with Crippen molar-refractivity contribution >= 4 is 39.3 Å². The van der Waals surface area contributed by atoms with Crippen molar-refractivity contribution in [1.82, 2.24) is 29.9 Å². The minimum atomic E-state index is 0.489. The average molecular weight is 463 g/mol. The molecule has 172 valence electrons. The summed E-state index contributed by atoms with van der Waals surface area (Å²) in [5.74, 6) is 1.89. The first-order valence-corrected chi connectivity index (χ1v) is 11.2. The molecule has 0 aliphatic heterocycles. The van der Waals surface area contributed by atoms with E-state index in [9.17, 15) is 0 Å². The van der Waals surface area contributed by atoms with Crippen LogP contribution < -0.4 is 10.6 Å². The van der Waals surface area contributed by atoms with Gasteiger partial charge >= 0.3 is 0 Å². The summed E-state index contributed by atoms with van der Waals surface area (Å²) in [6, 6.07) is 18.3. The molecule has 3 aromatic carbocycles. The number of aryl methyl sites for hydroxylation is 2. The number of anilines is 3. The van der Waals surface area contributed by atoms with Gasteiger partial charge in [-0.15, -0.1) is 10.2 Å². The maximum Gasteiger partial charge on any atom is 0.247 e. The number of rotatable bonds is 5. The van der Waals surface area contributed by atoms with Crippen LogP contribution in [-0.4, -0.2) is 37.0 Å². The van der Waals surface area contributed by atoms with Gasteiger partial charge in [0.15, 0.2) is 5.82 Å². The first kappa shape index (κ1) is 20.8. The molecular formula is C26H22N8O. The second kappa shape index (κ2) is 8.21. The van der Waals surface area contributed by atoms with Crippen LogP contribution in [0, 0.1) is 6.92 Å². The molecule has 9 heteroatoms. The number of fused-ring (bicyclic) bond motifs is 2. The molecule has 0 unspecified atom stereocenters. The lowest BCUT2D eigenvalue weighted by Crippen LogP contribution is -1.97.